The molecule has 0 spiro atoms. The number of hydrogen-bond donors (Lipinski definition) is 1. The Labute approximate surface area is 201 Å². The van der Waals surface area contributed by atoms with Crippen LogP contribution >= 0.6 is 22.9 Å². The van der Waals surface area contributed by atoms with Crippen LogP contribution in [0, 0.1) is 0 Å². The van der Waals surface area contributed by atoms with Crippen LogP contribution in [0.4, 0.5) is 0 Å². The molecule has 0 unspecified atom stereocenters. The molecule has 0 aliphatic heterocycles. The van der Waals surface area contributed by atoms with E-state index in [1.54, 1.807) is 23.4 Å². The van der Waals surface area contributed by atoms with Gasteiger partial charge < -0.3 is 10.2 Å². The van der Waals surface area contributed by atoms with Crippen molar-refractivity contribution in [3.8, 4) is 16.9 Å². The van der Waals surface area contributed by atoms with Gasteiger partial charge in [-0.25, -0.2) is 4.68 Å². The van der Waals surface area contributed by atoms with Gasteiger partial charge in [-0.3, -0.25) is 9.59 Å². The van der Waals surface area contributed by atoms with Crippen molar-refractivity contribution in [3.05, 3.63) is 93.8 Å². The molecule has 0 saturated carbocycles. The lowest BCUT2D eigenvalue weighted by atomic mass is 10.1. The molecular weight excluding hydrogens is 456 g/mol. The Hall–Kier alpha value is -3.42. The third-order valence-corrected chi connectivity index (χ3v) is 6.10. The highest BCUT2D eigenvalue weighted by Crippen LogP contribution is 2.26. The molecule has 6 nitrogen and oxygen atoms in total. The molecule has 2 amide bonds. The number of aromatic nitrogens is 2. The molecule has 0 aliphatic rings. The van der Waals surface area contributed by atoms with Gasteiger partial charge >= 0.3 is 0 Å². The number of rotatable bonds is 8. The summed E-state index contributed by atoms with van der Waals surface area (Å²) in [6.45, 7) is 0.674. The Balaban J connectivity index is 1.47. The lowest BCUT2D eigenvalue weighted by molar-refractivity contribution is -0.130. The summed E-state index contributed by atoms with van der Waals surface area (Å²) in [4.78, 5) is 26.4. The number of halogens is 1. The zero-order valence-corrected chi connectivity index (χ0v) is 19.6. The minimum atomic E-state index is -0.166. The summed E-state index contributed by atoms with van der Waals surface area (Å²) < 4.78 is 1.82. The molecule has 0 radical (unpaired) electrons. The van der Waals surface area contributed by atoms with Gasteiger partial charge in [-0.2, -0.15) is 16.4 Å². The van der Waals surface area contributed by atoms with E-state index < -0.39 is 0 Å². The summed E-state index contributed by atoms with van der Waals surface area (Å²) in [5, 5.41) is 11.9. The van der Waals surface area contributed by atoms with Crippen LogP contribution in [0.25, 0.3) is 16.9 Å². The molecule has 0 saturated heterocycles. The predicted octanol–water partition coefficient (Wildman–Crippen LogP) is 5.03. The molecule has 168 valence electrons. The van der Waals surface area contributed by atoms with E-state index in [9.17, 15) is 9.59 Å². The number of thiophene rings is 1. The summed E-state index contributed by atoms with van der Waals surface area (Å²) >= 11 is 7.52. The molecule has 8 heteroatoms. The maximum atomic E-state index is 12.7. The number of amides is 2. The van der Waals surface area contributed by atoms with Crippen LogP contribution in [-0.2, 0) is 11.3 Å². The highest BCUT2D eigenvalue weighted by molar-refractivity contribution is 7.08. The zero-order valence-electron chi connectivity index (χ0n) is 18.1. The Morgan fingerprint density at radius 3 is 2.55 bits per heavy atom. The number of nitrogens with zero attached hydrogens (tertiary/aromatic N) is 3. The first-order chi connectivity index (χ1) is 16.0. The molecular formula is C25H23ClN4O2S. The van der Waals surface area contributed by atoms with E-state index in [-0.39, 0.29) is 24.8 Å². The van der Waals surface area contributed by atoms with Gasteiger partial charge in [0.15, 0.2) is 0 Å². The number of para-hydroxylation sites is 1. The van der Waals surface area contributed by atoms with Gasteiger partial charge in [0.1, 0.15) is 0 Å². The van der Waals surface area contributed by atoms with E-state index in [2.05, 4.69) is 5.32 Å². The average molecular weight is 479 g/mol. The van der Waals surface area contributed by atoms with E-state index in [1.165, 1.54) is 11.3 Å². The monoisotopic (exact) mass is 478 g/mol. The van der Waals surface area contributed by atoms with E-state index in [1.807, 2.05) is 70.9 Å². The molecule has 0 atom stereocenters. The van der Waals surface area contributed by atoms with Gasteiger partial charge in [0, 0.05) is 59.8 Å². The van der Waals surface area contributed by atoms with Gasteiger partial charge in [0.25, 0.3) is 5.91 Å². The van der Waals surface area contributed by atoms with Gasteiger partial charge in [0.2, 0.25) is 5.91 Å². The number of carbonyl (C=O) groups excluding carboxylic acids is 2. The van der Waals surface area contributed by atoms with Gasteiger partial charge in [-0.1, -0.05) is 41.9 Å². The minimum absolute atomic E-state index is 0.0601. The lowest BCUT2D eigenvalue weighted by Crippen LogP contribution is -2.31. The predicted molar refractivity (Wildman–Crippen MR) is 132 cm³/mol. The molecule has 33 heavy (non-hydrogen) atoms. The minimum Gasteiger partial charge on any atom is -0.351 e. The third-order valence-electron chi connectivity index (χ3n) is 5.17. The molecule has 2 aromatic heterocycles. The second-order valence-electron chi connectivity index (χ2n) is 7.56. The molecule has 0 aliphatic carbocycles. The van der Waals surface area contributed by atoms with Crippen LogP contribution in [0.15, 0.2) is 77.6 Å². The third kappa shape index (κ3) is 5.69. The van der Waals surface area contributed by atoms with Crippen LogP contribution in [0.5, 0.6) is 0 Å². The summed E-state index contributed by atoms with van der Waals surface area (Å²) in [6.07, 6.45) is 2.16. The summed E-state index contributed by atoms with van der Waals surface area (Å²) in [7, 11) is 1.76. The number of hydrogen-bond acceptors (Lipinski definition) is 4. The van der Waals surface area contributed by atoms with Crippen molar-refractivity contribution in [1.82, 2.24) is 20.0 Å². The van der Waals surface area contributed by atoms with Crippen molar-refractivity contribution >= 4 is 34.8 Å². The van der Waals surface area contributed by atoms with E-state index in [0.717, 1.165) is 22.5 Å². The number of carbonyl (C=O) groups is 2. The number of benzene rings is 2. The van der Waals surface area contributed by atoms with E-state index in [0.29, 0.717) is 17.1 Å². The van der Waals surface area contributed by atoms with Gasteiger partial charge in [-0.05, 0) is 35.7 Å². The maximum absolute atomic E-state index is 12.7. The Kier molecular flexibility index (Phi) is 7.22. The smallest absolute Gasteiger partial charge is 0.252 e. The van der Waals surface area contributed by atoms with E-state index in [4.69, 9.17) is 16.7 Å². The molecule has 2 aromatic carbocycles. The normalized spacial score (nSPS) is 10.7. The fraction of sp³-hybridized carbons (Fsp3) is 0.160. The molecule has 0 bridgehead atoms. The standard InChI is InChI=1S/C25H23ClN4O2S/c1-29(23(31)11-13-27-25(32)19-12-14-33-17-19)15-20-16-30(22-5-3-2-4-6-22)28-24(20)18-7-9-21(26)10-8-18/h2-10,12,14,16-17H,11,13,15H2,1H3,(H,27,32). The van der Waals surface area contributed by atoms with Crippen molar-refractivity contribution in [2.24, 2.45) is 0 Å². The Morgan fingerprint density at radius 1 is 1.09 bits per heavy atom. The van der Waals surface area contributed by atoms with Crippen molar-refractivity contribution < 1.29 is 9.59 Å². The summed E-state index contributed by atoms with van der Waals surface area (Å²) in [5.41, 5.74) is 4.18. The largest absolute Gasteiger partial charge is 0.351 e. The second kappa shape index (κ2) is 10.5. The fourth-order valence-electron chi connectivity index (χ4n) is 3.40. The van der Waals surface area contributed by atoms with Crippen LogP contribution in [0.1, 0.15) is 22.3 Å². The van der Waals surface area contributed by atoms with Crippen molar-refractivity contribution in [3.63, 3.8) is 0 Å². The first-order valence-corrected chi connectivity index (χ1v) is 11.8. The van der Waals surface area contributed by atoms with E-state index >= 15 is 0 Å². The Morgan fingerprint density at radius 2 is 1.85 bits per heavy atom. The SMILES string of the molecule is CN(Cc1cn(-c2ccccc2)nc1-c1ccc(Cl)cc1)C(=O)CCNC(=O)c1ccsc1. The molecule has 0 fully saturated rings. The fourth-order valence-corrected chi connectivity index (χ4v) is 4.16. The first-order valence-electron chi connectivity index (χ1n) is 10.5. The van der Waals surface area contributed by atoms with Crippen LogP contribution in [-0.4, -0.2) is 40.1 Å². The molecule has 1 N–H and O–H groups in total. The second-order valence-corrected chi connectivity index (χ2v) is 8.77. The highest BCUT2D eigenvalue weighted by Gasteiger charge is 2.17. The average Bonchev–Trinajstić information content (AvgIpc) is 3.51. The first kappa shape index (κ1) is 22.8. The Bertz CT molecular complexity index is 1220. The van der Waals surface area contributed by atoms with Crippen molar-refractivity contribution in [1.29, 1.82) is 0 Å². The lowest BCUT2D eigenvalue weighted by Gasteiger charge is -2.17. The quantitative estimate of drug-likeness (QED) is 0.386. The van der Waals surface area contributed by atoms with Crippen molar-refractivity contribution in [2.75, 3.05) is 13.6 Å². The summed E-state index contributed by atoms with van der Waals surface area (Å²) in [6, 6.07) is 19.1. The van der Waals surface area contributed by atoms with Gasteiger partial charge in [0.05, 0.1) is 11.4 Å². The zero-order chi connectivity index (χ0) is 23.2. The van der Waals surface area contributed by atoms with Crippen LogP contribution in [0.3, 0.4) is 0 Å². The van der Waals surface area contributed by atoms with Crippen molar-refractivity contribution in [2.45, 2.75) is 13.0 Å². The number of nitrogens with one attached hydrogen (secondary N) is 1. The molecule has 4 aromatic rings. The van der Waals surface area contributed by atoms with Crippen LogP contribution in [0.2, 0.25) is 5.02 Å². The summed E-state index contributed by atoms with van der Waals surface area (Å²) in [5.74, 6) is -0.226. The molecule has 2 heterocycles. The topological polar surface area (TPSA) is 67.2 Å². The van der Waals surface area contributed by atoms with Gasteiger partial charge in [-0.15, -0.1) is 0 Å². The maximum Gasteiger partial charge on any atom is 0.252 e. The van der Waals surface area contributed by atoms with Crippen LogP contribution < -0.4 is 5.32 Å². The highest BCUT2D eigenvalue weighted by atomic mass is 35.5. The molecule has 4 rings (SSSR count).